The molecule has 0 aliphatic carbocycles. The highest BCUT2D eigenvalue weighted by Gasteiger charge is 2.34. The van der Waals surface area contributed by atoms with Crippen molar-refractivity contribution in [1.29, 1.82) is 0 Å². The number of rotatable bonds is 3. The van der Waals surface area contributed by atoms with Crippen molar-refractivity contribution in [2.45, 2.75) is 6.18 Å². The molecule has 3 rings (SSSR count). The Bertz CT molecular complexity index is 818. The predicted octanol–water partition coefficient (Wildman–Crippen LogP) is 3.65. The van der Waals surface area contributed by atoms with E-state index in [0.29, 0.717) is 37.9 Å². The van der Waals surface area contributed by atoms with E-state index in [-0.39, 0.29) is 11.4 Å². The normalized spacial score (nSPS) is 15.2. The summed E-state index contributed by atoms with van der Waals surface area (Å²) >= 11 is 0. The predicted molar refractivity (Wildman–Crippen MR) is 90.6 cm³/mol. The van der Waals surface area contributed by atoms with Crippen molar-refractivity contribution in [3.8, 4) is 5.75 Å². The molecule has 2 aromatic carbocycles. The van der Waals surface area contributed by atoms with E-state index < -0.39 is 22.4 Å². The van der Waals surface area contributed by atoms with Crippen molar-refractivity contribution < 1.29 is 23.2 Å². The van der Waals surface area contributed by atoms with Gasteiger partial charge in [0.2, 0.25) is 0 Å². The molecule has 1 N–H and O–H groups in total. The van der Waals surface area contributed by atoms with Crippen LogP contribution in [0.1, 0.15) is 5.56 Å². The first-order valence-corrected chi connectivity index (χ1v) is 7.91. The van der Waals surface area contributed by atoms with Crippen molar-refractivity contribution >= 4 is 17.1 Å². The summed E-state index contributed by atoms with van der Waals surface area (Å²) in [7, 11) is 0. The number of benzene rings is 2. The van der Waals surface area contributed by atoms with Gasteiger partial charge in [-0.05, 0) is 24.3 Å². The maximum atomic E-state index is 12.8. The number of nitro groups is 1. The van der Waals surface area contributed by atoms with Crippen LogP contribution in [0.3, 0.4) is 0 Å². The number of hydrogen-bond donors (Lipinski definition) is 1. The number of phenolic OH excluding ortho intramolecular Hbond substituents is 1. The highest BCUT2D eigenvalue weighted by Crippen LogP contribution is 2.37. The van der Waals surface area contributed by atoms with Gasteiger partial charge >= 0.3 is 6.18 Å². The molecule has 9 heteroatoms. The Morgan fingerprint density at radius 3 is 2.08 bits per heavy atom. The van der Waals surface area contributed by atoms with Crippen molar-refractivity contribution in [1.82, 2.24) is 0 Å². The Kier molecular flexibility index (Phi) is 4.62. The molecule has 1 saturated heterocycles. The third-order valence-electron chi connectivity index (χ3n) is 4.34. The number of halogens is 3. The van der Waals surface area contributed by atoms with E-state index in [1.807, 2.05) is 4.90 Å². The number of alkyl halides is 3. The number of nitrogens with zero attached hydrogens (tertiary/aromatic N) is 3. The molecule has 0 unspecified atom stereocenters. The van der Waals surface area contributed by atoms with Gasteiger partial charge in [0.05, 0.1) is 16.2 Å². The lowest BCUT2D eigenvalue weighted by molar-refractivity contribution is -0.384. The molecule has 0 amide bonds. The summed E-state index contributed by atoms with van der Waals surface area (Å²) in [6, 6.07) is 9.43. The molecule has 1 heterocycles. The van der Waals surface area contributed by atoms with Crippen LogP contribution >= 0.6 is 0 Å². The molecule has 0 atom stereocenters. The third kappa shape index (κ3) is 3.51. The van der Waals surface area contributed by atoms with Crippen LogP contribution in [0.25, 0.3) is 0 Å². The smallest absolute Gasteiger partial charge is 0.416 e. The van der Waals surface area contributed by atoms with Gasteiger partial charge in [0.15, 0.2) is 0 Å². The van der Waals surface area contributed by atoms with Crippen LogP contribution in [-0.2, 0) is 6.18 Å². The van der Waals surface area contributed by atoms with Gasteiger partial charge < -0.3 is 14.9 Å². The second kappa shape index (κ2) is 6.74. The summed E-state index contributed by atoms with van der Waals surface area (Å²) in [6.07, 6.45) is -4.63. The van der Waals surface area contributed by atoms with Crippen molar-refractivity contribution in [2.24, 2.45) is 0 Å². The van der Waals surface area contributed by atoms with E-state index >= 15 is 0 Å². The number of hydrogen-bond acceptors (Lipinski definition) is 5. The Labute approximate surface area is 147 Å². The van der Waals surface area contributed by atoms with Crippen LogP contribution in [0, 0.1) is 10.1 Å². The van der Waals surface area contributed by atoms with Gasteiger partial charge in [-0.2, -0.15) is 13.2 Å². The van der Waals surface area contributed by atoms with E-state index in [4.69, 9.17) is 0 Å². The molecule has 0 aromatic heterocycles. The number of para-hydroxylation sites is 2. The molecule has 138 valence electrons. The lowest BCUT2D eigenvalue weighted by Crippen LogP contribution is -2.46. The van der Waals surface area contributed by atoms with Crippen LogP contribution < -0.4 is 9.80 Å². The second-order valence-electron chi connectivity index (χ2n) is 5.92. The average Bonchev–Trinajstić information content (AvgIpc) is 2.61. The fourth-order valence-corrected chi connectivity index (χ4v) is 3.03. The monoisotopic (exact) mass is 367 g/mol. The van der Waals surface area contributed by atoms with Crippen LogP contribution in [0.15, 0.2) is 42.5 Å². The van der Waals surface area contributed by atoms with Gasteiger partial charge in [0, 0.05) is 32.2 Å². The first-order valence-electron chi connectivity index (χ1n) is 7.91. The highest BCUT2D eigenvalue weighted by molar-refractivity contribution is 5.66. The fourth-order valence-electron chi connectivity index (χ4n) is 3.03. The van der Waals surface area contributed by atoms with Crippen LogP contribution in [-0.4, -0.2) is 36.2 Å². The summed E-state index contributed by atoms with van der Waals surface area (Å²) in [5.74, 6) is 0.140. The zero-order valence-electron chi connectivity index (χ0n) is 13.6. The van der Waals surface area contributed by atoms with Gasteiger partial charge in [0.25, 0.3) is 5.69 Å². The summed E-state index contributed by atoms with van der Waals surface area (Å²) in [5, 5.41) is 21.2. The topological polar surface area (TPSA) is 69.9 Å². The van der Waals surface area contributed by atoms with Gasteiger partial charge in [-0.3, -0.25) is 10.1 Å². The number of phenols is 1. The van der Waals surface area contributed by atoms with Crippen LogP contribution in [0.2, 0.25) is 0 Å². The average molecular weight is 367 g/mol. The Balaban J connectivity index is 1.81. The van der Waals surface area contributed by atoms with E-state index in [9.17, 15) is 28.4 Å². The maximum absolute atomic E-state index is 12.8. The number of nitro benzene ring substituents is 1. The molecular weight excluding hydrogens is 351 g/mol. The van der Waals surface area contributed by atoms with Crippen molar-refractivity contribution in [3.05, 3.63) is 58.1 Å². The maximum Gasteiger partial charge on any atom is 0.416 e. The van der Waals surface area contributed by atoms with Gasteiger partial charge in [0.1, 0.15) is 11.4 Å². The molecule has 1 aliphatic rings. The molecule has 1 fully saturated rings. The molecule has 6 nitrogen and oxygen atoms in total. The first kappa shape index (κ1) is 17.8. The third-order valence-corrected chi connectivity index (χ3v) is 4.34. The molecule has 26 heavy (non-hydrogen) atoms. The van der Waals surface area contributed by atoms with Crippen LogP contribution in [0.5, 0.6) is 5.75 Å². The Morgan fingerprint density at radius 2 is 1.54 bits per heavy atom. The van der Waals surface area contributed by atoms with E-state index in [1.165, 1.54) is 0 Å². The second-order valence-corrected chi connectivity index (χ2v) is 5.92. The summed E-state index contributed by atoms with van der Waals surface area (Å²) in [5.41, 5.74) is -0.773. The fraction of sp³-hybridized carbons (Fsp3) is 0.294. The highest BCUT2D eigenvalue weighted by atomic mass is 19.4. The molecule has 0 bridgehead atoms. The van der Waals surface area contributed by atoms with Gasteiger partial charge in [-0.25, -0.2) is 0 Å². The quantitative estimate of drug-likeness (QED) is 0.662. The van der Waals surface area contributed by atoms with E-state index in [0.717, 1.165) is 12.1 Å². The summed E-state index contributed by atoms with van der Waals surface area (Å²) in [6.45, 7) is 1.74. The minimum Gasteiger partial charge on any atom is -0.506 e. The summed E-state index contributed by atoms with van der Waals surface area (Å²) in [4.78, 5) is 14.1. The van der Waals surface area contributed by atoms with Gasteiger partial charge in [-0.1, -0.05) is 12.1 Å². The van der Waals surface area contributed by atoms with Crippen LogP contribution in [0.4, 0.5) is 30.2 Å². The SMILES string of the molecule is O=[N+]([O-])c1cc(C(F)(F)F)ccc1N1CCN(c2ccccc2O)CC1. The standard InChI is InChI=1S/C17H16F3N3O3/c18-17(19,20)12-5-6-13(15(11-12)23(25)26)21-7-9-22(10-8-21)14-3-1-2-4-16(14)24/h1-6,11,24H,7-10H2. The molecule has 0 saturated carbocycles. The van der Waals surface area contributed by atoms with Crippen molar-refractivity contribution in [3.63, 3.8) is 0 Å². The Hall–Kier alpha value is -2.97. The minimum atomic E-state index is -4.63. The molecule has 0 radical (unpaired) electrons. The lowest BCUT2D eigenvalue weighted by atomic mass is 10.1. The largest absolute Gasteiger partial charge is 0.506 e. The molecular formula is C17H16F3N3O3. The first-order chi connectivity index (χ1) is 12.3. The summed E-state index contributed by atoms with van der Waals surface area (Å²) < 4.78 is 38.4. The molecule has 0 spiro atoms. The van der Waals surface area contributed by atoms with Crippen molar-refractivity contribution in [2.75, 3.05) is 36.0 Å². The van der Waals surface area contributed by atoms with E-state index in [2.05, 4.69) is 0 Å². The zero-order valence-corrected chi connectivity index (χ0v) is 13.6. The molecule has 2 aromatic rings. The van der Waals surface area contributed by atoms with Gasteiger partial charge in [-0.15, -0.1) is 0 Å². The van der Waals surface area contributed by atoms with E-state index in [1.54, 1.807) is 29.2 Å². The Morgan fingerprint density at radius 1 is 0.962 bits per heavy atom. The lowest BCUT2D eigenvalue weighted by Gasteiger charge is -2.37. The number of anilines is 2. The number of piperazine rings is 1. The minimum absolute atomic E-state index is 0.140. The molecule has 1 aliphatic heterocycles. The number of aromatic hydroxyl groups is 1. The zero-order chi connectivity index (χ0) is 18.9.